The van der Waals surface area contributed by atoms with Gasteiger partial charge in [-0.05, 0) is 18.6 Å². The lowest BCUT2D eigenvalue weighted by atomic mass is 10.1. The average molecular weight is 298 g/mol. The van der Waals surface area contributed by atoms with Crippen molar-refractivity contribution in [2.45, 2.75) is 13.5 Å². The average Bonchev–Trinajstić information content (AvgIpc) is 2.80. The number of aryl methyl sites for hydroxylation is 1. The summed E-state index contributed by atoms with van der Waals surface area (Å²) in [5, 5.41) is 5.25. The second kappa shape index (κ2) is 5.62. The molecule has 0 saturated carbocycles. The number of halogens is 1. The van der Waals surface area contributed by atoms with E-state index in [1.54, 1.807) is 4.68 Å². The fourth-order valence-corrected chi connectivity index (χ4v) is 2.57. The van der Waals surface area contributed by atoms with Gasteiger partial charge in [0.05, 0.1) is 17.3 Å². The summed E-state index contributed by atoms with van der Waals surface area (Å²) in [4.78, 5) is 0. The monoisotopic (exact) mass is 297 g/mol. The quantitative estimate of drug-likeness (QED) is 0.789. The molecule has 1 heterocycles. The van der Waals surface area contributed by atoms with Gasteiger partial charge in [-0.25, -0.2) is 4.68 Å². The SMILES string of the molecule is Cc1cccc(Cn2nc(-c3ccccc3Cl)cc2N)c1. The van der Waals surface area contributed by atoms with Gasteiger partial charge in [0.15, 0.2) is 0 Å². The normalized spacial score (nSPS) is 10.8. The van der Waals surface area contributed by atoms with Crippen molar-refractivity contribution in [1.82, 2.24) is 9.78 Å². The van der Waals surface area contributed by atoms with Gasteiger partial charge in [0.1, 0.15) is 5.82 Å². The van der Waals surface area contributed by atoms with Crippen LogP contribution in [0.1, 0.15) is 11.1 Å². The Morgan fingerprint density at radius 2 is 1.90 bits per heavy atom. The maximum atomic E-state index is 6.21. The Morgan fingerprint density at radius 1 is 1.10 bits per heavy atom. The Kier molecular flexibility index (Phi) is 3.67. The molecule has 2 aromatic carbocycles. The van der Waals surface area contributed by atoms with E-state index in [-0.39, 0.29) is 0 Å². The molecule has 0 aliphatic rings. The van der Waals surface area contributed by atoms with Gasteiger partial charge in [0.25, 0.3) is 0 Å². The van der Waals surface area contributed by atoms with Crippen molar-refractivity contribution in [1.29, 1.82) is 0 Å². The summed E-state index contributed by atoms with van der Waals surface area (Å²) in [6.45, 7) is 2.73. The number of hydrogen-bond acceptors (Lipinski definition) is 2. The van der Waals surface area contributed by atoms with Gasteiger partial charge in [-0.15, -0.1) is 0 Å². The van der Waals surface area contributed by atoms with Crippen LogP contribution in [-0.2, 0) is 6.54 Å². The summed E-state index contributed by atoms with van der Waals surface area (Å²) in [6.07, 6.45) is 0. The number of anilines is 1. The first kappa shape index (κ1) is 13.7. The fourth-order valence-electron chi connectivity index (χ4n) is 2.34. The largest absolute Gasteiger partial charge is 0.384 e. The van der Waals surface area contributed by atoms with E-state index < -0.39 is 0 Å². The highest BCUT2D eigenvalue weighted by Gasteiger charge is 2.10. The van der Waals surface area contributed by atoms with Crippen LogP contribution in [0.15, 0.2) is 54.6 Å². The van der Waals surface area contributed by atoms with Crippen molar-refractivity contribution >= 4 is 17.4 Å². The smallest absolute Gasteiger partial charge is 0.122 e. The molecular formula is C17H16ClN3. The number of nitrogens with zero attached hydrogens (tertiary/aromatic N) is 2. The fraction of sp³-hybridized carbons (Fsp3) is 0.118. The summed E-state index contributed by atoms with van der Waals surface area (Å²) >= 11 is 6.21. The molecule has 0 amide bonds. The highest BCUT2D eigenvalue weighted by atomic mass is 35.5. The Balaban J connectivity index is 1.93. The van der Waals surface area contributed by atoms with Crippen molar-refractivity contribution < 1.29 is 0 Å². The maximum absolute atomic E-state index is 6.21. The third kappa shape index (κ3) is 2.93. The Labute approximate surface area is 129 Å². The number of benzene rings is 2. The van der Waals surface area contributed by atoms with Crippen molar-refractivity contribution in [3.05, 3.63) is 70.7 Å². The molecule has 3 rings (SSSR count). The Hall–Kier alpha value is -2.26. The second-order valence-corrected chi connectivity index (χ2v) is 5.49. The van der Waals surface area contributed by atoms with Gasteiger partial charge in [0.2, 0.25) is 0 Å². The van der Waals surface area contributed by atoms with Crippen molar-refractivity contribution in [2.75, 3.05) is 5.73 Å². The molecule has 0 bridgehead atoms. The maximum Gasteiger partial charge on any atom is 0.122 e. The van der Waals surface area contributed by atoms with E-state index in [9.17, 15) is 0 Å². The minimum absolute atomic E-state index is 0.631. The molecule has 0 unspecified atom stereocenters. The minimum atomic E-state index is 0.631. The molecule has 0 aliphatic heterocycles. The first-order valence-corrected chi connectivity index (χ1v) is 7.15. The molecule has 0 fully saturated rings. The van der Waals surface area contributed by atoms with Crippen LogP contribution in [0.5, 0.6) is 0 Å². The number of nitrogens with two attached hydrogens (primary N) is 1. The summed E-state index contributed by atoms with van der Waals surface area (Å²) in [5.74, 6) is 0.631. The lowest BCUT2D eigenvalue weighted by molar-refractivity contribution is 0.699. The van der Waals surface area contributed by atoms with Gasteiger partial charge in [-0.1, -0.05) is 59.6 Å². The van der Waals surface area contributed by atoms with Gasteiger partial charge in [-0.3, -0.25) is 0 Å². The standard InChI is InChI=1S/C17H16ClN3/c1-12-5-4-6-13(9-12)11-21-17(19)10-16(20-21)14-7-2-3-8-15(14)18/h2-10H,11,19H2,1H3. The second-order valence-electron chi connectivity index (χ2n) is 5.08. The number of hydrogen-bond donors (Lipinski definition) is 1. The van der Waals surface area contributed by atoms with Gasteiger partial charge < -0.3 is 5.73 Å². The van der Waals surface area contributed by atoms with E-state index in [2.05, 4.69) is 30.2 Å². The van der Waals surface area contributed by atoms with Crippen LogP contribution in [-0.4, -0.2) is 9.78 Å². The topological polar surface area (TPSA) is 43.8 Å². The molecule has 3 aromatic rings. The molecule has 0 aliphatic carbocycles. The van der Waals surface area contributed by atoms with Crippen LogP contribution < -0.4 is 5.73 Å². The number of aromatic nitrogens is 2. The number of rotatable bonds is 3. The number of nitrogen functional groups attached to an aromatic ring is 1. The third-order valence-corrected chi connectivity index (χ3v) is 3.71. The van der Waals surface area contributed by atoms with Crippen molar-refractivity contribution in [3.63, 3.8) is 0 Å². The van der Waals surface area contributed by atoms with E-state index in [0.29, 0.717) is 17.4 Å². The predicted molar refractivity (Wildman–Crippen MR) is 87.4 cm³/mol. The van der Waals surface area contributed by atoms with Gasteiger partial charge in [0, 0.05) is 11.6 Å². The molecule has 4 heteroatoms. The van der Waals surface area contributed by atoms with Crippen LogP contribution >= 0.6 is 11.6 Å². The molecule has 0 atom stereocenters. The summed E-state index contributed by atoms with van der Waals surface area (Å²) in [5.41, 5.74) is 10.2. The van der Waals surface area contributed by atoms with E-state index in [4.69, 9.17) is 17.3 Å². The highest BCUT2D eigenvalue weighted by molar-refractivity contribution is 6.33. The van der Waals surface area contributed by atoms with Crippen molar-refractivity contribution in [3.8, 4) is 11.3 Å². The first-order valence-electron chi connectivity index (χ1n) is 6.77. The molecule has 0 radical (unpaired) electrons. The van der Waals surface area contributed by atoms with E-state index >= 15 is 0 Å². The molecular weight excluding hydrogens is 282 g/mol. The molecule has 1 aromatic heterocycles. The van der Waals surface area contributed by atoms with Crippen LogP contribution in [0.3, 0.4) is 0 Å². The highest BCUT2D eigenvalue weighted by Crippen LogP contribution is 2.27. The third-order valence-electron chi connectivity index (χ3n) is 3.38. The Morgan fingerprint density at radius 3 is 2.67 bits per heavy atom. The molecule has 3 nitrogen and oxygen atoms in total. The lowest BCUT2D eigenvalue weighted by Gasteiger charge is -2.05. The zero-order valence-electron chi connectivity index (χ0n) is 11.8. The molecule has 0 spiro atoms. The molecule has 106 valence electrons. The van der Waals surface area contributed by atoms with Crippen LogP contribution in [0.2, 0.25) is 5.02 Å². The van der Waals surface area contributed by atoms with Gasteiger partial charge in [-0.2, -0.15) is 5.10 Å². The van der Waals surface area contributed by atoms with Crippen LogP contribution in [0.4, 0.5) is 5.82 Å². The van der Waals surface area contributed by atoms with Gasteiger partial charge >= 0.3 is 0 Å². The van der Waals surface area contributed by atoms with E-state index in [1.165, 1.54) is 11.1 Å². The summed E-state index contributed by atoms with van der Waals surface area (Å²) in [7, 11) is 0. The van der Waals surface area contributed by atoms with Crippen LogP contribution in [0.25, 0.3) is 11.3 Å². The molecule has 2 N–H and O–H groups in total. The Bertz CT molecular complexity index is 777. The minimum Gasteiger partial charge on any atom is -0.384 e. The zero-order chi connectivity index (χ0) is 14.8. The molecule has 21 heavy (non-hydrogen) atoms. The van der Waals surface area contributed by atoms with E-state index in [0.717, 1.165) is 11.3 Å². The van der Waals surface area contributed by atoms with Crippen LogP contribution in [0, 0.1) is 6.92 Å². The first-order chi connectivity index (χ1) is 10.1. The zero-order valence-corrected chi connectivity index (χ0v) is 12.5. The van der Waals surface area contributed by atoms with E-state index in [1.807, 2.05) is 36.4 Å². The summed E-state index contributed by atoms with van der Waals surface area (Å²) in [6, 6.07) is 17.8. The lowest BCUT2D eigenvalue weighted by Crippen LogP contribution is -2.05. The summed E-state index contributed by atoms with van der Waals surface area (Å²) < 4.78 is 1.80. The van der Waals surface area contributed by atoms with Crippen molar-refractivity contribution in [2.24, 2.45) is 0 Å². The molecule has 0 saturated heterocycles. The predicted octanol–water partition coefficient (Wildman–Crippen LogP) is 4.14.